The second-order valence-corrected chi connectivity index (χ2v) is 6.12. The molecule has 2 amide bonds. The molecule has 0 heterocycles. The minimum absolute atomic E-state index is 0.0191. The van der Waals surface area contributed by atoms with Gasteiger partial charge in [-0.15, -0.1) is 0 Å². The van der Waals surface area contributed by atoms with Crippen LogP contribution in [0.4, 0.5) is 17.1 Å². The zero-order valence-corrected chi connectivity index (χ0v) is 16.3. The zero-order chi connectivity index (χ0) is 21.9. The third-order valence-electron chi connectivity index (χ3n) is 3.87. The van der Waals surface area contributed by atoms with Crippen molar-refractivity contribution in [2.24, 2.45) is 0 Å². The number of hydrogen-bond donors (Lipinski definition) is 2. The maximum Gasteiger partial charge on any atom is 0.306 e. The number of ether oxygens (including phenoxy) is 2. The van der Waals surface area contributed by atoms with Crippen LogP contribution in [0.3, 0.4) is 0 Å². The molecule has 0 aliphatic rings. The molecule has 10 nitrogen and oxygen atoms in total. The number of nitro benzene ring substituents is 1. The molecule has 2 rings (SSSR count). The molecule has 0 bridgehead atoms. The van der Waals surface area contributed by atoms with Gasteiger partial charge in [-0.2, -0.15) is 0 Å². The quantitative estimate of drug-likeness (QED) is 0.346. The van der Waals surface area contributed by atoms with Crippen molar-refractivity contribution in [3.8, 4) is 5.75 Å². The molecular weight excluding hydrogens is 394 g/mol. The molecule has 0 spiro atoms. The van der Waals surface area contributed by atoms with E-state index in [1.54, 1.807) is 24.3 Å². The lowest BCUT2D eigenvalue weighted by atomic mass is 10.2. The van der Waals surface area contributed by atoms with Crippen LogP contribution in [0.1, 0.15) is 19.3 Å². The van der Waals surface area contributed by atoms with Crippen molar-refractivity contribution in [1.82, 2.24) is 0 Å². The Balaban J connectivity index is 1.68. The molecule has 0 unspecified atom stereocenters. The third-order valence-corrected chi connectivity index (χ3v) is 3.87. The average molecular weight is 415 g/mol. The van der Waals surface area contributed by atoms with E-state index in [4.69, 9.17) is 9.47 Å². The van der Waals surface area contributed by atoms with Gasteiger partial charge in [-0.05, 0) is 24.6 Å². The first kappa shape index (κ1) is 22.3. The van der Waals surface area contributed by atoms with Crippen molar-refractivity contribution in [1.29, 1.82) is 0 Å². The van der Waals surface area contributed by atoms with Crippen LogP contribution in [0.5, 0.6) is 5.75 Å². The summed E-state index contributed by atoms with van der Waals surface area (Å²) in [6.45, 7) is -0.462. The smallest absolute Gasteiger partial charge is 0.306 e. The number of methoxy groups -OCH3 is 1. The summed E-state index contributed by atoms with van der Waals surface area (Å²) in [5.74, 6) is -1.05. The van der Waals surface area contributed by atoms with Gasteiger partial charge in [0.15, 0.2) is 6.61 Å². The van der Waals surface area contributed by atoms with Crippen LogP contribution in [0.2, 0.25) is 0 Å². The van der Waals surface area contributed by atoms with Crippen LogP contribution in [-0.2, 0) is 19.1 Å². The number of carbonyl (C=O) groups excluding carboxylic acids is 3. The number of nitrogens with zero attached hydrogens (tertiary/aromatic N) is 1. The number of non-ortho nitro benzene ring substituents is 1. The average Bonchev–Trinajstić information content (AvgIpc) is 2.73. The van der Waals surface area contributed by atoms with E-state index in [-0.39, 0.29) is 24.9 Å². The molecule has 10 heteroatoms. The Morgan fingerprint density at radius 3 is 2.50 bits per heavy atom. The van der Waals surface area contributed by atoms with Crippen molar-refractivity contribution in [2.75, 3.05) is 24.4 Å². The molecule has 0 fully saturated rings. The lowest BCUT2D eigenvalue weighted by Crippen LogP contribution is -2.21. The fourth-order valence-electron chi connectivity index (χ4n) is 2.47. The van der Waals surface area contributed by atoms with E-state index in [2.05, 4.69) is 10.6 Å². The molecule has 2 aromatic rings. The molecule has 0 aromatic heterocycles. The van der Waals surface area contributed by atoms with E-state index < -0.39 is 29.3 Å². The minimum Gasteiger partial charge on any atom is -0.495 e. The summed E-state index contributed by atoms with van der Waals surface area (Å²) in [4.78, 5) is 45.7. The summed E-state index contributed by atoms with van der Waals surface area (Å²) in [6.07, 6.45) is 0.170. The van der Waals surface area contributed by atoms with Gasteiger partial charge in [0.2, 0.25) is 5.91 Å². The number of esters is 1. The SMILES string of the molecule is COc1ccccc1NC(=O)COC(=O)CCCC(=O)Nc1cccc([N+](=O)[O-])c1. The normalized spacial score (nSPS) is 10.0. The highest BCUT2D eigenvalue weighted by molar-refractivity contribution is 5.94. The molecule has 2 N–H and O–H groups in total. The van der Waals surface area contributed by atoms with E-state index >= 15 is 0 Å². The van der Waals surface area contributed by atoms with Crippen LogP contribution < -0.4 is 15.4 Å². The standard InChI is InChI=1S/C20H21N3O7/c1-29-17-9-3-2-8-16(17)22-19(25)13-30-20(26)11-5-10-18(24)21-14-6-4-7-15(12-14)23(27)28/h2-4,6-9,12H,5,10-11,13H2,1H3,(H,21,24)(H,22,25). The number of rotatable bonds is 10. The summed E-state index contributed by atoms with van der Waals surface area (Å²) < 4.78 is 10.0. The number of nitrogens with one attached hydrogen (secondary N) is 2. The molecule has 0 saturated carbocycles. The third kappa shape index (κ3) is 7.23. The minimum atomic E-state index is -0.617. The number of anilines is 2. The summed E-state index contributed by atoms with van der Waals surface area (Å²) in [5.41, 5.74) is 0.617. The molecule has 0 atom stereocenters. The maximum absolute atomic E-state index is 11.9. The summed E-state index contributed by atoms with van der Waals surface area (Å²) in [6, 6.07) is 12.4. The lowest BCUT2D eigenvalue weighted by Gasteiger charge is -2.10. The Kier molecular flexibility index (Phi) is 8.30. The first-order valence-electron chi connectivity index (χ1n) is 9.02. The Labute approximate surface area is 172 Å². The van der Waals surface area contributed by atoms with Gasteiger partial charge in [0.25, 0.3) is 11.6 Å². The van der Waals surface area contributed by atoms with Crippen LogP contribution >= 0.6 is 0 Å². The number of amides is 2. The van der Waals surface area contributed by atoms with Gasteiger partial charge in [0.05, 0.1) is 17.7 Å². The predicted octanol–water partition coefficient (Wildman–Crippen LogP) is 2.89. The highest BCUT2D eigenvalue weighted by Gasteiger charge is 2.12. The molecule has 0 aliphatic heterocycles. The first-order valence-corrected chi connectivity index (χ1v) is 9.02. The lowest BCUT2D eigenvalue weighted by molar-refractivity contribution is -0.384. The summed E-state index contributed by atoms with van der Waals surface area (Å²) in [7, 11) is 1.47. The number of benzene rings is 2. The van der Waals surface area contributed by atoms with Crippen LogP contribution in [0.25, 0.3) is 0 Å². The maximum atomic E-state index is 11.9. The van der Waals surface area contributed by atoms with Crippen molar-refractivity contribution in [3.63, 3.8) is 0 Å². The summed E-state index contributed by atoms with van der Waals surface area (Å²) in [5, 5.41) is 15.8. The van der Waals surface area contributed by atoms with Gasteiger partial charge in [-0.3, -0.25) is 24.5 Å². The van der Waals surface area contributed by atoms with E-state index in [0.29, 0.717) is 17.1 Å². The van der Waals surface area contributed by atoms with Crippen molar-refractivity contribution >= 4 is 34.8 Å². The Morgan fingerprint density at radius 1 is 1.00 bits per heavy atom. The van der Waals surface area contributed by atoms with Gasteiger partial charge in [-0.1, -0.05) is 18.2 Å². The van der Waals surface area contributed by atoms with E-state index in [1.807, 2.05) is 0 Å². The second-order valence-electron chi connectivity index (χ2n) is 6.12. The predicted molar refractivity (Wildman–Crippen MR) is 108 cm³/mol. The molecule has 0 saturated heterocycles. The number of carbonyl (C=O) groups is 3. The van der Waals surface area contributed by atoms with Crippen molar-refractivity contribution < 1.29 is 28.8 Å². The largest absolute Gasteiger partial charge is 0.495 e. The van der Waals surface area contributed by atoms with E-state index in [9.17, 15) is 24.5 Å². The summed E-state index contributed by atoms with van der Waals surface area (Å²) >= 11 is 0. The molecule has 2 aromatic carbocycles. The molecule has 30 heavy (non-hydrogen) atoms. The molecular formula is C20H21N3O7. The Hall–Kier alpha value is -3.95. The Bertz CT molecular complexity index is 930. The van der Waals surface area contributed by atoms with Crippen LogP contribution in [-0.4, -0.2) is 36.4 Å². The van der Waals surface area contributed by atoms with Gasteiger partial charge in [0.1, 0.15) is 5.75 Å². The highest BCUT2D eigenvalue weighted by Crippen LogP contribution is 2.22. The number of nitro groups is 1. The van der Waals surface area contributed by atoms with Crippen molar-refractivity contribution in [2.45, 2.75) is 19.3 Å². The topological polar surface area (TPSA) is 137 Å². The van der Waals surface area contributed by atoms with Gasteiger partial charge >= 0.3 is 5.97 Å². The highest BCUT2D eigenvalue weighted by atomic mass is 16.6. The monoisotopic (exact) mass is 415 g/mol. The van der Waals surface area contributed by atoms with Crippen LogP contribution in [0.15, 0.2) is 48.5 Å². The first-order chi connectivity index (χ1) is 14.4. The Morgan fingerprint density at radius 2 is 1.77 bits per heavy atom. The van der Waals surface area contributed by atoms with Gasteiger partial charge in [0, 0.05) is 30.7 Å². The fourth-order valence-corrected chi connectivity index (χ4v) is 2.47. The van der Waals surface area contributed by atoms with Gasteiger partial charge < -0.3 is 20.1 Å². The number of hydrogen-bond acceptors (Lipinski definition) is 7. The van der Waals surface area contributed by atoms with Gasteiger partial charge in [-0.25, -0.2) is 0 Å². The second kappa shape index (κ2) is 11.1. The fraction of sp³-hybridized carbons (Fsp3) is 0.250. The molecule has 0 aliphatic carbocycles. The van der Waals surface area contributed by atoms with Crippen LogP contribution in [0, 0.1) is 10.1 Å². The zero-order valence-electron chi connectivity index (χ0n) is 16.3. The van der Waals surface area contributed by atoms with E-state index in [0.717, 1.165) is 0 Å². The van der Waals surface area contributed by atoms with E-state index in [1.165, 1.54) is 31.4 Å². The molecule has 0 radical (unpaired) electrons. The number of para-hydroxylation sites is 2. The van der Waals surface area contributed by atoms with Crippen molar-refractivity contribution in [3.05, 3.63) is 58.6 Å². The molecule has 158 valence electrons.